The molecule has 1 N–H and O–H groups in total. The average molecular weight is 381 g/mol. The maximum atomic E-state index is 13.8. The number of hydrogen-bond donors (Lipinski definition) is 1. The van der Waals surface area contributed by atoms with Crippen LogP contribution in [0.5, 0.6) is 0 Å². The van der Waals surface area contributed by atoms with Crippen molar-refractivity contribution in [2.24, 2.45) is 0 Å². The zero-order chi connectivity index (χ0) is 20.1. The largest absolute Gasteiger partial charge is 0.365 e. The molecule has 0 saturated carbocycles. The lowest BCUT2D eigenvalue weighted by Crippen LogP contribution is -2.30. The third kappa shape index (κ3) is 4.52. The summed E-state index contributed by atoms with van der Waals surface area (Å²) in [4.78, 5) is 18.7. The van der Waals surface area contributed by atoms with Gasteiger partial charge >= 0.3 is 0 Å². The second-order valence-electron chi connectivity index (χ2n) is 6.66. The first-order valence-corrected chi connectivity index (χ1v) is 8.97. The van der Waals surface area contributed by atoms with Gasteiger partial charge in [-0.15, -0.1) is 0 Å². The molecule has 0 aliphatic rings. The summed E-state index contributed by atoms with van der Waals surface area (Å²) in [7, 11) is 0. The number of rotatable bonds is 6. The van der Waals surface area contributed by atoms with E-state index >= 15 is 0 Å². The molecule has 0 aliphatic carbocycles. The van der Waals surface area contributed by atoms with Crippen molar-refractivity contribution in [2.75, 3.05) is 10.2 Å². The molecule has 0 spiro atoms. The van der Waals surface area contributed by atoms with E-state index in [9.17, 15) is 13.6 Å². The van der Waals surface area contributed by atoms with Crippen LogP contribution >= 0.6 is 0 Å². The Morgan fingerprint density at radius 2 is 1.71 bits per heavy atom. The minimum atomic E-state index is -0.836. The average Bonchev–Trinajstić information content (AvgIpc) is 2.69. The van der Waals surface area contributed by atoms with Crippen LogP contribution in [0.15, 0.2) is 66.9 Å². The van der Waals surface area contributed by atoms with Gasteiger partial charge in [-0.3, -0.25) is 9.78 Å². The van der Waals surface area contributed by atoms with Crippen molar-refractivity contribution in [1.82, 2.24) is 4.98 Å². The molecule has 1 amide bonds. The highest BCUT2D eigenvalue weighted by atomic mass is 19.1. The Hall–Kier alpha value is -3.28. The van der Waals surface area contributed by atoms with Crippen molar-refractivity contribution in [2.45, 2.75) is 26.4 Å². The number of para-hydroxylation sites is 1. The lowest BCUT2D eigenvalue weighted by molar-refractivity contribution is 0.102. The zero-order valence-corrected chi connectivity index (χ0v) is 15.7. The van der Waals surface area contributed by atoms with E-state index in [0.717, 1.165) is 23.4 Å². The standard InChI is InChI=1S/C22H21F2N3O/c1-15(2)27(14-16-7-4-3-5-8-16)17-11-12-25-20(13-17)22(28)26-21-18(23)9-6-10-19(21)24/h3-13,15H,14H2,1-2H3,(H,26,28). The number of nitrogens with zero attached hydrogens (tertiary/aromatic N) is 2. The van der Waals surface area contributed by atoms with Crippen molar-refractivity contribution in [3.8, 4) is 0 Å². The maximum absolute atomic E-state index is 13.8. The molecule has 0 atom stereocenters. The van der Waals surface area contributed by atoms with Crippen LogP contribution in [0, 0.1) is 11.6 Å². The second kappa shape index (κ2) is 8.61. The van der Waals surface area contributed by atoms with Gasteiger partial charge in [0.1, 0.15) is 23.0 Å². The van der Waals surface area contributed by atoms with E-state index in [0.29, 0.717) is 6.54 Å². The second-order valence-corrected chi connectivity index (χ2v) is 6.66. The highest BCUT2D eigenvalue weighted by Crippen LogP contribution is 2.22. The molecule has 2 aromatic carbocycles. The topological polar surface area (TPSA) is 45.2 Å². The molecular formula is C22H21F2N3O. The van der Waals surface area contributed by atoms with Crippen molar-refractivity contribution in [3.63, 3.8) is 0 Å². The van der Waals surface area contributed by atoms with E-state index in [1.165, 1.54) is 12.3 Å². The molecule has 0 bridgehead atoms. The van der Waals surface area contributed by atoms with Crippen molar-refractivity contribution < 1.29 is 13.6 Å². The van der Waals surface area contributed by atoms with Crippen molar-refractivity contribution in [1.29, 1.82) is 0 Å². The highest BCUT2D eigenvalue weighted by Gasteiger charge is 2.17. The fourth-order valence-corrected chi connectivity index (χ4v) is 2.87. The Labute approximate surface area is 162 Å². The van der Waals surface area contributed by atoms with Crippen molar-refractivity contribution >= 4 is 17.3 Å². The van der Waals surface area contributed by atoms with E-state index in [4.69, 9.17) is 0 Å². The summed E-state index contributed by atoms with van der Waals surface area (Å²) in [6.45, 7) is 4.77. The quantitative estimate of drug-likeness (QED) is 0.652. The minimum Gasteiger partial charge on any atom is -0.365 e. The normalized spacial score (nSPS) is 10.8. The smallest absolute Gasteiger partial charge is 0.274 e. The van der Waals surface area contributed by atoms with Gasteiger partial charge in [-0.1, -0.05) is 36.4 Å². The van der Waals surface area contributed by atoms with Crippen LogP contribution < -0.4 is 10.2 Å². The fourth-order valence-electron chi connectivity index (χ4n) is 2.87. The number of hydrogen-bond acceptors (Lipinski definition) is 3. The zero-order valence-electron chi connectivity index (χ0n) is 15.7. The van der Waals surface area contributed by atoms with Crippen LogP contribution in [0.4, 0.5) is 20.2 Å². The van der Waals surface area contributed by atoms with Gasteiger partial charge in [0.25, 0.3) is 5.91 Å². The first-order valence-electron chi connectivity index (χ1n) is 8.97. The van der Waals surface area contributed by atoms with E-state index < -0.39 is 23.2 Å². The lowest BCUT2D eigenvalue weighted by Gasteiger charge is -2.29. The highest BCUT2D eigenvalue weighted by molar-refractivity contribution is 6.03. The van der Waals surface area contributed by atoms with Crippen molar-refractivity contribution in [3.05, 3.63) is 89.8 Å². The van der Waals surface area contributed by atoms with Crippen LogP contribution in [0.1, 0.15) is 29.9 Å². The van der Waals surface area contributed by atoms with Gasteiger partial charge in [0, 0.05) is 24.5 Å². The summed E-state index contributed by atoms with van der Waals surface area (Å²) in [5.41, 5.74) is 1.53. The van der Waals surface area contributed by atoms with Crippen LogP contribution in [0.2, 0.25) is 0 Å². The summed E-state index contributed by atoms with van der Waals surface area (Å²) in [5.74, 6) is -2.34. The van der Waals surface area contributed by atoms with Gasteiger partial charge in [0.2, 0.25) is 0 Å². The van der Waals surface area contributed by atoms with Crippen LogP contribution in [-0.2, 0) is 6.54 Å². The van der Waals surface area contributed by atoms with Gasteiger partial charge in [-0.2, -0.15) is 0 Å². The first-order chi connectivity index (χ1) is 13.5. The van der Waals surface area contributed by atoms with E-state index in [1.807, 2.05) is 36.4 Å². The number of nitrogens with one attached hydrogen (secondary N) is 1. The predicted molar refractivity (Wildman–Crippen MR) is 106 cm³/mol. The Balaban J connectivity index is 1.84. The Bertz CT molecular complexity index is 941. The van der Waals surface area contributed by atoms with Crippen LogP contribution in [0.25, 0.3) is 0 Å². The molecule has 4 nitrogen and oxygen atoms in total. The lowest BCUT2D eigenvalue weighted by atomic mass is 10.1. The third-order valence-corrected chi connectivity index (χ3v) is 4.33. The Kier molecular flexibility index (Phi) is 5.99. The number of benzene rings is 2. The number of carbonyl (C=O) groups is 1. The Morgan fingerprint density at radius 3 is 2.36 bits per heavy atom. The molecule has 0 radical (unpaired) electrons. The fraction of sp³-hybridized carbons (Fsp3) is 0.182. The molecule has 0 aliphatic heterocycles. The molecule has 28 heavy (non-hydrogen) atoms. The van der Waals surface area contributed by atoms with E-state index in [2.05, 4.69) is 29.0 Å². The molecule has 1 heterocycles. The molecule has 3 rings (SSSR count). The summed E-state index contributed by atoms with van der Waals surface area (Å²) in [5, 5.41) is 2.27. The number of carbonyl (C=O) groups excluding carboxylic acids is 1. The molecule has 0 saturated heterocycles. The molecule has 144 valence electrons. The number of aromatic nitrogens is 1. The number of pyridine rings is 1. The maximum Gasteiger partial charge on any atom is 0.274 e. The SMILES string of the molecule is CC(C)N(Cc1ccccc1)c1ccnc(C(=O)Nc2c(F)cccc2F)c1. The van der Waals surface area contributed by atoms with Gasteiger partial charge in [-0.05, 0) is 43.7 Å². The predicted octanol–water partition coefficient (Wildman–Crippen LogP) is 5.03. The third-order valence-electron chi connectivity index (χ3n) is 4.33. The van der Waals surface area contributed by atoms with Crippen LogP contribution in [0.3, 0.4) is 0 Å². The van der Waals surface area contributed by atoms with E-state index in [1.54, 1.807) is 6.07 Å². The Morgan fingerprint density at radius 1 is 1.04 bits per heavy atom. The number of amides is 1. The van der Waals surface area contributed by atoms with Gasteiger partial charge in [-0.25, -0.2) is 8.78 Å². The molecule has 0 unspecified atom stereocenters. The number of anilines is 2. The summed E-state index contributed by atoms with van der Waals surface area (Å²) in [6.07, 6.45) is 1.52. The molecule has 6 heteroatoms. The molecular weight excluding hydrogens is 360 g/mol. The molecule has 0 fully saturated rings. The van der Waals surface area contributed by atoms with Crippen LogP contribution in [-0.4, -0.2) is 16.9 Å². The van der Waals surface area contributed by atoms with E-state index in [-0.39, 0.29) is 11.7 Å². The summed E-state index contributed by atoms with van der Waals surface area (Å²) >= 11 is 0. The minimum absolute atomic E-state index is 0.0823. The van der Waals surface area contributed by atoms with Gasteiger partial charge < -0.3 is 10.2 Å². The van der Waals surface area contributed by atoms with Gasteiger partial charge in [0.15, 0.2) is 0 Å². The molecule has 3 aromatic rings. The summed E-state index contributed by atoms with van der Waals surface area (Å²) < 4.78 is 27.6. The summed E-state index contributed by atoms with van der Waals surface area (Å²) in [6, 6.07) is 17.0. The number of halogens is 2. The molecule has 1 aromatic heterocycles. The first kappa shape index (κ1) is 19.5. The monoisotopic (exact) mass is 381 g/mol. The van der Waals surface area contributed by atoms with Gasteiger partial charge in [0.05, 0.1) is 0 Å².